The van der Waals surface area contributed by atoms with Crippen LogP contribution in [0, 0.1) is 0 Å². The minimum absolute atomic E-state index is 0.237. The van der Waals surface area contributed by atoms with Gasteiger partial charge in [0.2, 0.25) is 5.95 Å². The third-order valence-electron chi connectivity index (χ3n) is 5.99. The number of rotatable bonds is 7. The number of benzene rings is 2. The van der Waals surface area contributed by atoms with Crippen LogP contribution in [0.25, 0.3) is 22.4 Å². The summed E-state index contributed by atoms with van der Waals surface area (Å²) in [6, 6.07) is 15.4. The van der Waals surface area contributed by atoms with E-state index in [1.165, 1.54) is 22.9 Å². The molecule has 0 saturated carbocycles. The number of hydrogen-bond acceptors (Lipinski definition) is 7. The number of hydrogen-bond donors (Lipinski definition) is 2. The van der Waals surface area contributed by atoms with Gasteiger partial charge in [-0.15, -0.1) is 0 Å². The van der Waals surface area contributed by atoms with Crippen molar-refractivity contribution in [3.63, 3.8) is 0 Å². The van der Waals surface area contributed by atoms with Gasteiger partial charge in [-0.05, 0) is 36.1 Å². The number of esters is 1. The number of carbonyl (C=O) groups is 2. The number of carboxylic acids is 1. The van der Waals surface area contributed by atoms with Gasteiger partial charge in [0.1, 0.15) is 12.2 Å². The average molecular weight is 470 g/mol. The van der Waals surface area contributed by atoms with Crippen molar-refractivity contribution < 1.29 is 19.4 Å². The Kier molecular flexibility index (Phi) is 5.97. The monoisotopic (exact) mass is 469 g/mol. The summed E-state index contributed by atoms with van der Waals surface area (Å²) < 4.78 is 6.12. The first kappa shape index (κ1) is 22.3. The number of nitrogens with one attached hydrogen (secondary N) is 1. The van der Waals surface area contributed by atoms with E-state index in [0.717, 1.165) is 18.4 Å². The molecule has 0 fully saturated rings. The average Bonchev–Trinajstić information content (AvgIpc) is 3.47. The lowest BCUT2D eigenvalue weighted by Gasteiger charge is -2.12. The zero-order valence-electron chi connectivity index (χ0n) is 19.0. The van der Waals surface area contributed by atoms with Gasteiger partial charge in [-0.25, -0.2) is 14.8 Å². The lowest BCUT2D eigenvalue weighted by molar-refractivity contribution is -0.137. The number of nitrogens with zero attached hydrogens (tertiary/aromatic N) is 4. The van der Waals surface area contributed by atoms with Crippen LogP contribution in [0.2, 0.25) is 0 Å². The van der Waals surface area contributed by atoms with Gasteiger partial charge in [-0.2, -0.15) is 5.10 Å². The van der Waals surface area contributed by atoms with Crippen LogP contribution in [0.4, 0.5) is 5.95 Å². The van der Waals surface area contributed by atoms with Crippen molar-refractivity contribution in [3.05, 3.63) is 83.8 Å². The Morgan fingerprint density at radius 1 is 1.03 bits per heavy atom. The number of aromatic nitrogens is 4. The SMILES string of the molecule is COC(=O)c1ccc(-c2nn(CC(=O)O)cc2-c2cnc(NC3Cc4ccccc4C3)nc2)cc1. The first-order valence-electron chi connectivity index (χ1n) is 11.1. The van der Waals surface area contributed by atoms with E-state index >= 15 is 0 Å². The normalized spacial score (nSPS) is 12.8. The quantitative estimate of drug-likeness (QED) is 0.395. The van der Waals surface area contributed by atoms with Gasteiger partial charge in [-0.1, -0.05) is 36.4 Å². The zero-order valence-corrected chi connectivity index (χ0v) is 19.0. The first-order valence-corrected chi connectivity index (χ1v) is 11.1. The van der Waals surface area contributed by atoms with E-state index in [9.17, 15) is 14.7 Å². The Labute approximate surface area is 201 Å². The molecule has 9 nitrogen and oxygen atoms in total. The second kappa shape index (κ2) is 9.38. The second-order valence-electron chi connectivity index (χ2n) is 8.37. The molecule has 0 unspecified atom stereocenters. The maximum absolute atomic E-state index is 11.8. The highest BCUT2D eigenvalue weighted by Crippen LogP contribution is 2.31. The molecular weight excluding hydrogens is 446 g/mol. The third kappa shape index (κ3) is 4.74. The van der Waals surface area contributed by atoms with Gasteiger partial charge >= 0.3 is 11.9 Å². The van der Waals surface area contributed by atoms with E-state index in [1.54, 1.807) is 42.9 Å². The number of carbonyl (C=O) groups excluding carboxylic acids is 1. The topological polar surface area (TPSA) is 119 Å². The highest BCUT2D eigenvalue weighted by atomic mass is 16.5. The van der Waals surface area contributed by atoms with E-state index in [2.05, 4.69) is 44.6 Å². The van der Waals surface area contributed by atoms with Crippen LogP contribution in [0.15, 0.2) is 67.1 Å². The third-order valence-corrected chi connectivity index (χ3v) is 5.99. The van der Waals surface area contributed by atoms with Crippen molar-refractivity contribution in [2.24, 2.45) is 0 Å². The Balaban J connectivity index is 1.40. The smallest absolute Gasteiger partial charge is 0.337 e. The van der Waals surface area contributed by atoms with Crippen LogP contribution in [-0.2, 0) is 28.9 Å². The molecule has 0 aliphatic heterocycles. The van der Waals surface area contributed by atoms with E-state index < -0.39 is 11.9 Å². The summed E-state index contributed by atoms with van der Waals surface area (Å²) in [5.74, 6) is -0.900. The molecule has 0 amide bonds. The van der Waals surface area contributed by atoms with E-state index in [4.69, 9.17) is 4.74 Å². The molecule has 0 saturated heterocycles. The molecule has 0 bridgehead atoms. The molecule has 0 radical (unpaired) electrons. The number of methoxy groups -OCH3 is 1. The van der Waals surface area contributed by atoms with Crippen molar-refractivity contribution in [1.82, 2.24) is 19.7 Å². The first-order chi connectivity index (χ1) is 17.0. The number of fused-ring (bicyclic) bond motifs is 1. The molecule has 1 aliphatic carbocycles. The fourth-order valence-electron chi connectivity index (χ4n) is 4.33. The molecule has 4 aromatic rings. The Hall–Kier alpha value is -4.53. The summed E-state index contributed by atoms with van der Waals surface area (Å²) in [5.41, 5.74) is 5.79. The largest absolute Gasteiger partial charge is 0.480 e. The van der Waals surface area contributed by atoms with Crippen molar-refractivity contribution in [1.29, 1.82) is 0 Å². The highest BCUT2D eigenvalue weighted by Gasteiger charge is 2.22. The second-order valence-corrected chi connectivity index (χ2v) is 8.37. The van der Waals surface area contributed by atoms with Gasteiger partial charge < -0.3 is 15.2 Å². The molecule has 1 aliphatic rings. The van der Waals surface area contributed by atoms with E-state index in [1.807, 2.05) is 0 Å². The predicted octanol–water partition coefficient (Wildman–Crippen LogP) is 3.46. The Bertz CT molecular complexity index is 1350. The molecule has 0 atom stereocenters. The summed E-state index contributed by atoms with van der Waals surface area (Å²) in [5, 5.41) is 17.1. The molecule has 5 rings (SSSR count). The summed E-state index contributed by atoms with van der Waals surface area (Å²) in [7, 11) is 1.33. The standard InChI is InChI=1S/C26H23N5O4/c1-35-25(34)17-8-6-16(7-9-17)24-22(14-31(30-24)15-23(32)33)20-12-27-26(28-13-20)29-21-10-18-4-2-3-5-19(18)11-21/h2-9,12-14,21H,10-11,15H2,1H3,(H,32,33)(H,27,28,29). The van der Waals surface area contributed by atoms with Crippen LogP contribution in [-0.4, -0.2) is 49.9 Å². The Morgan fingerprint density at radius 2 is 1.69 bits per heavy atom. The van der Waals surface area contributed by atoms with Crippen molar-refractivity contribution in [2.45, 2.75) is 25.4 Å². The predicted molar refractivity (Wildman–Crippen MR) is 129 cm³/mol. The van der Waals surface area contributed by atoms with Crippen molar-refractivity contribution in [2.75, 3.05) is 12.4 Å². The molecular formula is C26H23N5O4. The maximum Gasteiger partial charge on any atom is 0.337 e. The molecule has 2 aromatic heterocycles. The zero-order chi connectivity index (χ0) is 24.4. The molecule has 2 N–H and O–H groups in total. The maximum atomic E-state index is 11.8. The summed E-state index contributed by atoms with van der Waals surface area (Å²) in [6.45, 7) is -0.282. The van der Waals surface area contributed by atoms with Gasteiger partial charge in [0, 0.05) is 41.3 Å². The molecule has 0 spiro atoms. The lowest BCUT2D eigenvalue weighted by atomic mass is 10.0. The molecule has 9 heteroatoms. The van der Waals surface area contributed by atoms with Gasteiger partial charge in [0.25, 0.3) is 0 Å². The number of ether oxygens (including phenoxy) is 1. The fraction of sp³-hybridized carbons (Fsp3) is 0.192. The van der Waals surface area contributed by atoms with E-state index in [-0.39, 0.29) is 12.6 Å². The molecule has 2 aromatic carbocycles. The summed E-state index contributed by atoms with van der Waals surface area (Å²) >= 11 is 0. The number of anilines is 1. The fourth-order valence-corrected chi connectivity index (χ4v) is 4.33. The van der Waals surface area contributed by atoms with Crippen LogP contribution in [0.5, 0.6) is 0 Å². The molecule has 35 heavy (non-hydrogen) atoms. The number of carboxylic acid groups (broad SMARTS) is 1. The minimum atomic E-state index is -1.00. The molecule has 176 valence electrons. The molecule has 2 heterocycles. The van der Waals surface area contributed by atoms with Crippen LogP contribution in [0.1, 0.15) is 21.5 Å². The van der Waals surface area contributed by atoms with Crippen LogP contribution >= 0.6 is 0 Å². The van der Waals surface area contributed by atoms with Gasteiger partial charge in [0.05, 0.1) is 12.7 Å². The van der Waals surface area contributed by atoms with Gasteiger partial charge in [0.15, 0.2) is 0 Å². The lowest BCUT2D eigenvalue weighted by Crippen LogP contribution is -2.20. The van der Waals surface area contributed by atoms with Crippen molar-refractivity contribution in [3.8, 4) is 22.4 Å². The Morgan fingerprint density at radius 3 is 2.29 bits per heavy atom. The van der Waals surface area contributed by atoms with Crippen LogP contribution < -0.4 is 5.32 Å². The van der Waals surface area contributed by atoms with Crippen LogP contribution in [0.3, 0.4) is 0 Å². The summed E-state index contributed by atoms with van der Waals surface area (Å²) in [6.07, 6.45) is 6.92. The summed E-state index contributed by atoms with van der Waals surface area (Å²) in [4.78, 5) is 32.0. The van der Waals surface area contributed by atoms with Crippen molar-refractivity contribution >= 4 is 17.9 Å². The minimum Gasteiger partial charge on any atom is -0.480 e. The van der Waals surface area contributed by atoms with Gasteiger partial charge in [-0.3, -0.25) is 9.48 Å². The number of aliphatic carboxylic acids is 1. The highest BCUT2D eigenvalue weighted by molar-refractivity contribution is 5.90. The van der Waals surface area contributed by atoms with E-state index in [0.29, 0.717) is 28.3 Å².